The van der Waals surface area contributed by atoms with Crippen molar-refractivity contribution in [3.63, 3.8) is 0 Å². The maximum Gasteiger partial charge on any atom is 0.240 e. The maximum absolute atomic E-state index is 13.2. The van der Waals surface area contributed by atoms with Crippen LogP contribution in [0.25, 0.3) is 0 Å². The van der Waals surface area contributed by atoms with E-state index >= 15 is 0 Å². The first-order chi connectivity index (χ1) is 14.7. The van der Waals surface area contributed by atoms with Crippen LogP contribution < -0.4 is 10.0 Å². The first-order valence-electron chi connectivity index (χ1n) is 9.60. The second kappa shape index (κ2) is 9.80. The molecule has 3 aromatic rings. The number of halogens is 2. The highest BCUT2D eigenvalue weighted by Crippen LogP contribution is 2.17. The van der Waals surface area contributed by atoms with E-state index in [0.717, 1.165) is 11.1 Å². The summed E-state index contributed by atoms with van der Waals surface area (Å²) in [4.78, 5) is 11.2. The average Bonchev–Trinajstić information content (AvgIpc) is 2.71. The molecule has 0 aromatic heterocycles. The molecule has 0 unspecified atom stereocenters. The van der Waals surface area contributed by atoms with Crippen molar-refractivity contribution >= 4 is 21.6 Å². The lowest BCUT2D eigenvalue weighted by Crippen LogP contribution is -2.38. The highest BCUT2D eigenvalue weighted by Gasteiger charge is 2.21. The molecule has 8 heteroatoms. The van der Waals surface area contributed by atoms with E-state index in [0.29, 0.717) is 18.5 Å². The van der Waals surface area contributed by atoms with Gasteiger partial charge in [-0.15, -0.1) is 0 Å². The van der Waals surface area contributed by atoms with E-state index in [4.69, 9.17) is 0 Å². The molecule has 31 heavy (non-hydrogen) atoms. The van der Waals surface area contributed by atoms with Crippen molar-refractivity contribution in [2.75, 3.05) is 5.32 Å². The Hall–Kier alpha value is -3.10. The molecule has 0 radical (unpaired) electrons. The predicted octanol–water partition coefficient (Wildman–Crippen LogP) is 4.06. The van der Waals surface area contributed by atoms with E-state index in [1.165, 1.54) is 55.5 Å². The molecule has 0 saturated carbocycles. The zero-order valence-electron chi connectivity index (χ0n) is 16.8. The van der Waals surface area contributed by atoms with Gasteiger partial charge in [0.2, 0.25) is 15.9 Å². The quantitative estimate of drug-likeness (QED) is 0.550. The molecule has 0 aliphatic heterocycles. The molecule has 5 nitrogen and oxygen atoms in total. The van der Waals surface area contributed by atoms with Crippen LogP contribution in [0.15, 0.2) is 77.7 Å². The SMILES string of the molecule is CC(=O)Nc1ccc(S(=O)(=O)NC(Cc2ccc(F)cc2)Cc2ccc(F)cc2)cc1. The Labute approximate surface area is 180 Å². The van der Waals surface area contributed by atoms with Crippen LogP contribution in [0.4, 0.5) is 14.5 Å². The number of carbonyl (C=O) groups excluding carboxylic acids is 1. The van der Waals surface area contributed by atoms with Gasteiger partial charge in [0.15, 0.2) is 0 Å². The van der Waals surface area contributed by atoms with Gasteiger partial charge < -0.3 is 5.32 Å². The molecule has 3 rings (SSSR count). The molecule has 1 amide bonds. The highest BCUT2D eigenvalue weighted by atomic mass is 32.2. The number of carbonyl (C=O) groups is 1. The molecule has 0 heterocycles. The Morgan fingerprint density at radius 1 is 0.806 bits per heavy atom. The molecule has 0 saturated heterocycles. The summed E-state index contributed by atoms with van der Waals surface area (Å²) in [6.07, 6.45) is 0.641. The lowest BCUT2D eigenvalue weighted by Gasteiger charge is -2.19. The van der Waals surface area contributed by atoms with Gasteiger partial charge in [0.25, 0.3) is 0 Å². The highest BCUT2D eigenvalue weighted by molar-refractivity contribution is 7.89. The van der Waals surface area contributed by atoms with Crippen molar-refractivity contribution in [2.45, 2.75) is 30.7 Å². The number of hydrogen-bond acceptors (Lipinski definition) is 3. The predicted molar refractivity (Wildman–Crippen MR) is 115 cm³/mol. The van der Waals surface area contributed by atoms with E-state index in [1.807, 2.05) is 0 Å². The van der Waals surface area contributed by atoms with Gasteiger partial charge in [-0.05, 0) is 72.5 Å². The average molecular weight is 445 g/mol. The van der Waals surface area contributed by atoms with E-state index in [2.05, 4.69) is 10.0 Å². The van der Waals surface area contributed by atoms with Crippen molar-refractivity contribution in [1.29, 1.82) is 0 Å². The van der Waals surface area contributed by atoms with Crippen LogP contribution in [-0.2, 0) is 27.7 Å². The second-order valence-electron chi connectivity index (χ2n) is 7.18. The van der Waals surface area contributed by atoms with E-state index in [1.54, 1.807) is 24.3 Å². The smallest absolute Gasteiger partial charge is 0.240 e. The molecular weight excluding hydrogens is 422 g/mol. The summed E-state index contributed by atoms with van der Waals surface area (Å²) in [6, 6.07) is 16.9. The Morgan fingerprint density at radius 2 is 1.26 bits per heavy atom. The number of rotatable bonds is 8. The van der Waals surface area contributed by atoms with Crippen LogP contribution in [0, 0.1) is 11.6 Å². The molecular formula is C23H22F2N2O3S. The normalized spacial score (nSPS) is 11.5. The van der Waals surface area contributed by atoms with Crippen LogP contribution >= 0.6 is 0 Å². The zero-order valence-corrected chi connectivity index (χ0v) is 17.6. The van der Waals surface area contributed by atoms with Crippen molar-refractivity contribution < 1.29 is 22.0 Å². The minimum absolute atomic E-state index is 0.0461. The largest absolute Gasteiger partial charge is 0.326 e. The summed E-state index contributed by atoms with van der Waals surface area (Å²) in [5.74, 6) is -1.01. The Balaban J connectivity index is 1.82. The van der Waals surface area contributed by atoms with E-state index < -0.39 is 16.1 Å². The van der Waals surface area contributed by atoms with Gasteiger partial charge >= 0.3 is 0 Å². The van der Waals surface area contributed by atoms with E-state index in [-0.39, 0.29) is 22.4 Å². The first kappa shape index (κ1) is 22.6. The maximum atomic E-state index is 13.2. The minimum Gasteiger partial charge on any atom is -0.326 e. The van der Waals surface area contributed by atoms with Crippen molar-refractivity contribution in [2.24, 2.45) is 0 Å². The van der Waals surface area contributed by atoms with Gasteiger partial charge in [-0.2, -0.15) is 0 Å². The summed E-state index contributed by atoms with van der Waals surface area (Å²) < 4.78 is 55.1. The van der Waals surface area contributed by atoms with Crippen LogP contribution in [0.3, 0.4) is 0 Å². The van der Waals surface area contributed by atoms with Crippen LogP contribution in [0.5, 0.6) is 0 Å². The van der Waals surface area contributed by atoms with E-state index in [9.17, 15) is 22.0 Å². The molecule has 3 aromatic carbocycles. The third-order valence-corrected chi connectivity index (χ3v) is 6.13. The monoisotopic (exact) mass is 444 g/mol. The number of amides is 1. The summed E-state index contributed by atoms with van der Waals surface area (Å²) in [7, 11) is -3.87. The fraction of sp³-hybridized carbons (Fsp3) is 0.174. The third-order valence-electron chi connectivity index (χ3n) is 4.60. The molecule has 0 spiro atoms. The summed E-state index contributed by atoms with van der Waals surface area (Å²) >= 11 is 0. The molecule has 0 aliphatic carbocycles. The van der Waals surface area contributed by atoms with Gasteiger partial charge in [-0.3, -0.25) is 4.79 Å². The minimum atomic E-state index is -3.87. The molecule has 162 valence electrons. The topological polar surface area (TPSA) is 75.3 Å². The van der Waals surface area contributed by atoms with Crippen molar-refractivity contribution in [3.05, 3.63) is 95.6 Å². The lowest BCUT2D eigenvalue weighted by atomic mass is 10.00. The Kier molecular flexibility index (Phi) is 7.14. The molecule has 2 N–H and O–H groups in total. The summed E-state index contributed by atoms with van der Waals surface area (Å²) in [6.45, 7) is 1.36. The standard InChI is InChI=1S/C23H22F2N2O3S/c1-16(28)26-21-10-12-23(13-11-21)31(29,30)27-22(14-17-2-6-19(24)7-3-17)15-18-4-8-20(25)9-5-18/h2-13,22,27H,14-15H2,1H3,(H,26,28). The van der Waals surface area contributed by atoms with Crippen LogP contribution in [0.2, 0.25) is 0 Å². The first-order valence-corrected chi connectivity index (χ1v) is 11.1. The number of hydrogen-bond donors (Lipinski definition) is 2. The number of nitrogens with one attached hydrogen (secondary N) is 2. The second-order valence-corrected chi connectivity index (χ2v) is 8.90. The number of benzene rings is 3. The van der Waals surface area contributed by atoms with Gasteiger partial charge in [0.1, 0.15) is 11.6 Å². The summed E-state index contributed by atoms with van der Waals surface area (Å²) in [5.41, 5.74) is 2.01. The fourth-order valence-electron chi connectivity index (χ4n) is 3.17. The molecule has 0 bridgehead atoms. The van der Waals surface area contributed by atoms with Gasteiger partial charge in [-0.1, -0.05) is 24.3 Å². The van der Waals surface area contributed by atoms with Crippen LogP contribution in [0.1, 0.15) is 18.1 Å². The molecule has 0 fully saturated rings. The number of sulfonamides is 1. The molecule has 0 atom stereocenters. The molecule has 0 aliphatic rings. The fourth-order valence-corrected chi connectivity index (χ4v) is 4.41. The van der Waals surface area contributed by atoms with Gasteiger partial charge in [-0.25, -0.2) is 21.9 Å². The van der Waals surface area contributed by atoms with Gasteiger partial charge in [0, 0.05) is 18.7 Å². The van der Waals surface area contributed by atoms with Crippen LogP contribution in [-0.4, -0.2) is 20.4 Å². The Morgan fingerprint density at radius 3 is 1.68 bits per heavy atom. The number of anilines is 1. The van der Waals surface area contributed by atoms with Crippen molar-refractivity contribution in [3.8, 4) is 0 Å². The Bertz CT molecular complexity index is 1080. The van der Waals surface area contributed by atoms with Crippen molar-refractivity contribution in [1.82, 2.24) is 4.72 Å². The van der Waals surface area contributed by atoms with Gasteiger partial charge in [0.05, 0.1) is 4.90 Å². The third kappa shape index (κ3) is 6.70. The summed E-state index contributed by atoms with van der Waals surface area (Å²) in [5, 5.41) is 2.58. The lowest BCUT2D eigenvalue weighted by molar-refractivity contribution is -0.114. The zero-order chi connectivity index (χ0) is 22.4.